The van der Waals surface area contributed by atoms with Gasteiger partial charge in [-0.3, -0.25) is 29.0 Å². The number of hydrogen-bond acceptors (Lipinski definition) is 7. The molecule has 14 nitrogen and oxygen atoms in total. The molecule has 0 radical (unpaired) electrons. The Morgan fingerprint density at radius 3 is 2.24 bits per heavy atom. The van der Waals surface area contributed by atoms with Crippen molar-refractivity contribution in [3.63, 3.8) is 0 Å². The van der Waals surface area contributed by atoms with Crippen molar-refractivity contribution in [3.05, 3.63) is 29.8 Å². The van der Waals surface area contributed by atoms with Crippen LogP contribution in [-0.4, -0.2) is 82.8 Å². The Bertz CT molecular complexity index is 1140. The molecule has 232 valence electrons. The van der Waals surface area contributed by atoms with E-state index < -0.39 is 53.7 Å². The maximum absolute atomic E-state index is 13.8. The first-order valence-electron chi connectivity index (χ1n) is 14.1. The number of nitrogens with one attached hydrogen (secondary N) is 3. The average molecular weight is 589 g/mol. The highest BCUT2D eigenvalue weighted by molar-refractivity contribution is 5.95. The van der Waals surface area contributed by atoms with E-state index in [9.17, 15) is 29.1 Å². The number of nitrogens with zero attached hydrogens (tertiary/aromatic N) is 2. The van der Waals surface area contributed by atoms with Crippen molar-refractivity contribution >= 4 is 35.5 Å². The van der Waals surface area contributed by atoms with Gasteiger partial charge in [0.15, 0.2) is 5.96 Å². The van der Waals surface area contributed by atoms with Crippen molar-refractivity contribution in [1.29, 1.82) is 0 Å². The third-order valence-corrected chi connectivity index (χ3v) is 6.84. The Balaban J connectivity index is 2.16. The lowest BCUT2D eigenvalue weighted by atomic mass is 10.00. The first-order valence-corrected chi connectivity index (χ1v) is 14.1. The van der Waals surface area contributed by atoms with Crippen LogP contribution >= 0.6 is 0 Å². The van der Waals surface area contributed by atoms with Gasteiger partial charge in [0.25, 0.3) is 0 Å². The number of phenols is 1. The summed E-state index contributed by atoms with van der Waals surface area (Å²) in [5.41, 5.74) is 16.8. The number of aromatic hydroxyl groups is 1. The lowest BCUT2D eigenvalue weighted by Gasteiger charge is -2.31. The number of likely N-dealkylation sites (tertiary alicyclic amines) is 1. The van der Waals surface area contributed by atoms with Crippen molar-refractivity contribution in [1.82, 2.24) is 20.9 Å². The number of hydrogen-bond donors (Lipinski definition) is 7. The van der Waals surface area contributed by atoms with Crippen LogP contribution in [0.3, 0.4) is 0 Å². The molecule has 1 heterocycles. The summed E-state index contributed by atoms with van der Waals surface area (Å²) in [6.45, 7) is 5.67. The molecule has 10 N–H and O–H groups in total. The van der Waals surface area contributed by atoms with Crippen molar-refractivity contribution in [2.75, 3.05) is 13.1 Å². The molecule has 0 spiro atoms. The van der Waals surface area contributed by atoms with E-state index in [1.54, 1.807) is 12.1 Å². The summed E-state index contributed by atoms with van der Waals surface area (Å²) in [7, 11) is 0. The largest absolute Gasteiger partial charge is 0.508 e. The molecule has 5 amide bonds. The fraction of sp³-hybridized carbons (Fsp3) is 0.571. The van der Waals surface area contributed by atoms with Crippen LogP contribution in [0.1, 0.15) is 58.4 Å². The van der Waals surface area contributed by atoms with E-state index in [1.165, 1.54) is 24.0 Å². The standard InChI is InChI=1S/C28H44N8O6/c1-16(2)14-22(35-25(40)21(33-17(3)37)15-18-8-10-19(38)11-9-18)27(42)36-13-5-7-23(36)26(41)34-20(24(29)39)6-4-12-32-28(30)31/h8-11,16,20-23,38H,4-7,12-15H2,1-3H3,(H2,29,39)(H,33,37)(H,34,41)(H,35,40)(H4,30,31,32)/t20?,21-,22-,23-/m0/s1. The Hall–Kier alpha value is -4.36. The minimum atomic E-state index is -0.970. The number of rotatable bonds is 15. The highest BCUT2D eigenvalue weighted by atomic mass is 16.3. The second-order valence-corrected chi connectivity index (χ2v) is 10.9. The van der Waals surface area contributed by atoms with Gasteiger partial charge in [0.05, 0.1) is 0 Å². The number of nitrogens with two attached hydrogens (primary N) is 3. The summed E-state index contributed by atoms with van der Waals surface area (Å²) in [5, 5.41) is 17.6. The molecule has 0 aliphatic carbocycles. The van der Waals surface area contributed by atoms with E-state index in [1.807, 2.05) is 13.8 Å². The quantitative estimate of drug-likeness (QED) is 0.0759. The molecule has 4 atom stereocenters. The van der Waals surface area contributed by atoms with Gasteiger partial charge >= 0.3 is 0 Å². The molecule has 2 rings (SSSR count). The predicted molar refractivity (Wildman–Crippen MR) is 157 cm³/mol. The van der Waals surface area contributed by atoms with E-state index in [0.29, 0.717) is 37.8 Å². The highest BCUT2D eigenvalue weighted by Crippen LogP contribution is 2.21. The van der Waals surface area contributed by atoms with Gasteiger partial charge in [-0.05, 0) is 55.7 Å². The van der Waals surface area contributed by atoms with E-state index in [4.69, 9.17) is 17.2 Å². The third-order valence-electron chi connectivity index (χ3n) is 6.84. The third kappa shape index (κ3) is 10.9. The maximum atomic E-state index is 13.8. The minimum absolute atomic E-state index is 0.0231. The monoisotopic (exact) mass is 588 g/mol. The zero-order valence-corrected chi connectivity index (χ0v) is 24.5. The minimum Gasteiger partial charge on any atom is -0.508 e. The molecule has 1 aliphatic heterocycles. The van der Waals surface area contributed by atoms with Crippen LogP contribution in [0.25, 0.3) is 0 Å². The molecule has 1 fully saturated rings. The van der Waals surface area contributed by atoms with Crippen LogP contribution in [0, 0.1) is 5.92 Å². The Morgan fingerprint density at radius 2 is 1.67 bits per heavy atom. The van der Waals surface area contributed by atoms with Crippen molar-refractivity contribution in [3.8, 4) is 5.75 Å². The molecule has 1 aromatic carbocycles. The molecule has 14 heteroatoms. The smallest absolute Gasteiger partial charge is 0.245 e. The molecule has 42 heavy (non-hydrogen) atoms. The van der Waals surface area contributed by atoms with Crippen LogP contribution in [0.5, 0.6) is 5.75 Å². The molecule has 1 saturated heterocycles. The number of carbonyl (C=O) groups excluding carboxylic acids is 5. The number of phenolic OH excluding ortho intramolecular Hbond substituents is 1. The molecule has 0 bridgehead atoms. The van der Waals surface area contributed by atoms with Gasteiger partial charge in [0.1, 0.15) is 29.9 Å². The zero-order valence-electron chi connectivity index (χ0n) is 24.5. The summed E-state index contributed by atoms with van der Waals surface area (Å²) in [5.74, 6) is -2.61. The van der Waals surface area contributed by atoms with Crippen LogP contribution in [0.4, 0.5) is 0 Å². The molecular weight excluding hydrogens is 544 g/mol. The maximum Gasteiger partial charge on any atom is 0.245 e. The van der Waals surface area contributed by atoms with Gasteiger partial charge in [-0.2, -0.15) is 0 Å². The molecule has 1 unspecified atom stereocenters. The number of guanidine groups is 1. The van der Waals surface area contributed by atoms with E-state index in [0.717, 1.165) is 0 Å². The number of aliphatic imine (C=N–C) groups is 1. The summed E-state index contributed by atoms with van der Waals surface area (Å²) >= 11 is 0. The fourth-order valence-corrected chi connectivity index (χ4v) is 4.85. The SMILES string of the molecule is CC(=O)N[C@@H](Cc1ccc(O)cc1)C(=O)N[C@@H](CC(C)C)C(=O)N1CCC[C@H]1C(=O)NC(CCCN=C(N)N)C(N)=O. The molecule has 0 saturated carbocycles. The fourth-order valence-electron chi connectivity index (χ4n) is 4.85. The summed E-state index contributed by atoms with van der Waals surface area (Å²) in [4.78, 5) is 69.5. The molecule has 1 aliphatic rings. The number of amides is 5. The van der Waals surface area contributed by atoms with Crippen LogP contribution in [0.2, 0.25) is 0 Å². The van der Waals surface area contributed by atoms with Gasteiger partial charge in [0.2, 0.25) is 29.5 Å². The van der Waals surface area contributed by atoms with Crippen molar-refractivity contribution in [2.24, 2.45) is 28.1 Å². The van der Waals surface area contributed by atoms with Crippen molar-refractivity contribution in [2.45, 2.75) is 83.5 Å². The summed E-state index contributed by atoms with van der Waals surface area (Å²) in [6, 6.07) is 2.52. The second kappa shape index (κ2) is 16.2. The number of benzene rings is 1. The summed E-state index contributed by atoms with van der Waals surface area (Å²) in [6.07, 6.45) is 2.01. The predicted octanol–water partition coefficient (Wildman–Crippen LogP) is -1.01. The van der Waals surface area contributed by atoms with Gasteiger partial charge in [-0.1, -0.05) is 26.0 Å². The highest BCUT2D eigenvalue weighted by Gasteiger charge is 2.39. The first kappa shape index (κ1) is 33.8. The molecule has 0 aromatic heterocycles. The average Bonchev–Trinajstić information content (AvgIpc) is 3.39. The summed E-state index contributed by atoms with van der Waals surface area (Å²) < 4.78 is 0. The van der Waals surface area contributed by atoms with Gasteiger partial charge < -0.3 is 43.2 Å². The Kier molecular flexibility index (Phi) is 13.0. The molecule has 1 aromatic rings. The van der Waals surface area contributed by atoms with Crippen LogP contribution < -0.4 is 33.2 Å². The van der Waals surface area contributed by atoms with Crippen LogP contribution in [0.15, 0.2) is 29.3 Å². The first-order chi connectivity index (χ1) is 19.8. The van der Waals surface area contributed by atoms with Gasteiger partial charge in [-0.15, -0.1) is 0 Å². The second-order valence-electron chi connectivity index (χ2n) is 10.9. The van der Waals surface area contributed by atoms with E-state index in [2.05, 4.69) is 20.9 Å². The number of primary amides is 1. The van der Waals surface area contributed by atoms with E-state index >= 15 is 0 Å². The Labute approximate surface area is 245 Å². The van der Waals surface area contributed by atoms with E-state index in [-0.39, 0.29) is 37.0 Å². The lowest BCUT2D eigenvalue weighted by molar-refractivity contribution is -0.142. The molecular formula is C28H44N8O6. The lowest BCUT2D eigenvalue weighted by Crippen LogP contribution is -2.58. The topological polar surface area (TPSA) is 235 Å². The Morgan fingerprint density at radius 1 is 1.00 bits per heavy atom. The number of carbonyl (C=O) groups is 5. The van der Waals surface area contributed by atoms with Crippen molar-refractivity contribution < 1.29 is 29.1 Å². The van der Waals surface area contributed by atoms with Gasteiger partial charge in [0, 0.05) is 26.4 Å². The zero-order chi connectivity index (χ0) is 31.4. The van der Waals surface area contributed by atoms with Gasteiger partial charge in [-0.25, -0.2) is 0 Å². The normalized spacial score (nSPS) is 16.7. The van der Waals surface area contributed by atoms with Crippen LogP contribution in [-0.2, 0) is 30.4 Å².